The van der Waals surface area contributed by atoms with Crippen LogP contribution in [0.25, 0.3) is 17.1 Å². The van der Waals surface area contributed by atoms with Gasteiger partial charge in [0.05, 0.1) is 12.4 Å². The lowest BCUT2D eigenvalue weighted by atomic mass is 9.87. The Morgan fingerprint density at radius 3 is 2.11 bits per heavy atom. The summed E-state index contributed by atoms with van der Waals surface area (Å²) < 4.78 is 7.35. The van der Waals surface area contributed by atoms with Gasteiger partial charge in [0.15, 0.2) is 16.8 Å². The maximum absolute atomic E-state index is 13.1. The van der Waals surface area contributed by atoms with Gasteiger partial charge in [0.2, 0.25) is 0 Å². The molecule has 0 radical (unpaired) electrons. The minimum atomic E-state index is -0.324. The second-order valence-corrected chi connectivity index (χ2v) is 11.0. The molecule has 0 unspecified atom stereocenters. The van der Waals surface area contributed by atoms with Gasteiger partial charge in [-0.15, -0.1) is 10.2 Å². The Hall–Kier alpha value is -3.38. The molecule has 0 saturated heterocycles. The average molecular weight is 486 g/mol. The molecule has 1 heterocycles. The largest absolute Gasteiger partial charge is 0.497 e. The Labute approximate surface area is 211 Å². The summed E-state index contributed by atoms with van der Waals surface area (Å²) in [5.41, 5.74) is 5.01. The van der Waals surface area contributed by atoms with Gasteiger partial charge >= 0.3 is 0 Å². The number of aryl methyl sites for hydroxylation is 1. The molecule has 0 aliphatic carbocycles. The first-order valence-electron chi connectivity index (χ1n) is 11.7. The first-order chi connectivity index (χ1) is 16.7. The summed E-state index contributed by atoms with van der Waals surface area (Å²) >= 11 is 1.41. The average Bonchev–Trinajstić information content (AvgIpc) is 3.27. The predicted octanol–water partition coefficient (Wildman–Crippen LogP) is 6.91. The normalized spacial score (nSPS) is 12.4. The van der Waals surface area contributed by atoms with Crippen LogP contribution in [0.3, 0.4) is 0 Å². The van der Waals surface area contributed by atoms with E-state index in [0.717, 1.165) is 28.4 Å². The summed E-state index contributed by atoms with van der Waals surface area (Å²) in [7, 11) is 1.65. The van der Waals surface area contributed by atoms with Crippen LogP contribution in [-0.2, 0) is 5.41 Å². The van der Waals surface area contributed by atoms with E-state index in [9.17, 15) is 4.79 Å². The topological polar surface area (TPSA) is 57.0 Å². The number of aromatic nitrogens is 3. The third-order valence-corrected chi connectivity index (χ3v) is 7.00. The number of thioether (sulfide) groups is 1. The summed E-state index contributed by atoms with van der Waals surface area (Å²) in [6, 6.07) is 23.9. The zero-order valence-electron chi connectivity index (χ0n) is 21.1. The maximum Gasteiger partial charge on any atom is 0.196 e. The zero-order valence-corrected chi connectivity index (χ0v) is 21.9. The van der Waals surface area contributed by atoms with Crippen LogP contribution in [0.1, 0.15) is 49.2 Å². The molecule has 0 saturated carbocycles. The van der Waals surface area contributed by atoms with Crippen LogP contribution in [-0.4, -0.2) is 32.9 Å². The summed E-state index contributed by atoms with van der Waals surface area (Å²) in [6.45, 7) is 10.5. The van der Waals surface area contributed by atoms with Crippen LogP contribution in [0.15, 0.2) is 78.0 Å². The number of ether oxygens (including phenoxy) is 1. The third-order valence-electron chi connectivity index (χ3n) is 5.96. The maximum atomic E-state index is 13.1. The summed E-state index contributed by atoms with van der Waals surface area (Å²) in [6.07, 6.45) is 0. The highest BCUT2D eigenvalue weighted by atomic mass is 32.2. The lowest BCUT2D eigenvalue weighted by molar-refractivity contribution is 0.0994. The molecule has 0 amide bonds. The molecule has 5 nitrogen and oxygen atoms in total. The Kier molecular flexibility index (Phi) is 7.13. The number of hydrogen-bond acceptors (Lipinski definition) is 5. The first-order valence-corrected chi connectivity index (χ1v) is 12.5. The smallest absolute Gasteiger partial charge is 0.196 e. The van der Waals surface area contributed by atoms with Crippen LogP contribution in [0.2, 0.25) is 0 Å². The van der Waals surface area contributed by atoms with Crippen LogP contribution < -0.4 is 4.74 Å². The number of ketones is 1. The number of carbonyl (C=O) groups is 1. The number of methoxy groups -OCH3 is 1. The van der Waals surface area contributed by atoms with Crippen molar-refractivity contribution in [3.63, 3.8) is 0 Å². The van der Waals surface area contributed by atoms with Crippen molar-refractivity contribution in [2.45, 2.75) is 50.4 Å². The Morgan fingerprint density at radius 2 is 1.54 bits per heavy atom. The number of rotatable bonds is 7. The van der Waals surface area contributed by atoms with Crippen molar-refractivity contribution in [2.75, 3.05) is 7.11 Å². The molecule has 35 heavy (non-hydrogen) atoms. The second-order valence-electron chi connectivity index (χ2n) is 9.66. The Morgan fingerprint density at radius 1 is 0.914 bits per heavy atom. The molecule has 0 N–H and O–H groups in total. The zero-order chi connectivity index (χ0) is 25.2. The lowest BCUT2D eigenvalue weighted by Crippen LogP contribution is -2.14. The second kappa shape index (κ2) is 10.1. The molecular formula is C29H31N3O2S. The highest BCUT2D eigenvalue weighted by Gasteiger charge is 2.23. The van der Waals surface area contributed by atoms with E-state index >= 15 is 0 Å². The predicted molar refractivity (Wildman–Crippen MR) is 143 cm³/mol. The van der Waals surface area contributed by atoms with E-state index in [0.29, 0.717) is 10.7 Å². The van der Waals surface area contributed by atoms with E-state index in [1.54, 1.807) is 7.11 Å². The fourth-order valence-corrected chi connectivity index (χ4v) is 4.73. The van der Waals surface area contributed by atoms with E-state index in [1.807, 2.05) is 66.9 Å². The van der Waals surface area contributed by atoms with Crippen molar-refractivity contribution in [1.29, 1.82) is 0 Å². The molecule has 0 fully saturated rings. The molecule has 4 rings (SSSR count). The fourth-order valence-electron chi connectivity index (χ4n) is 3.78. The van der Waals surface area contributed by atoms with E-state index in [4.69, 9.17) is 4.74 Å². The molecule has 0 aliphatic rings. The molecule has 180 valence electrons. The van der Waals surface area contributed by atoms with Crippen LogP contribution in [0.4, 0.5) is 0 Å². The van der Waals surface area contributed by atoms with E-state index < -0.39 is 0 Å². The van der Waals surface area contributed by atoms with Crippen molar-refractivity contribution in [3.05, 3.63) is 89.5 Å². The van der Waals surface area contributed by atoms with Crippen molar-refractivity contribution in [2.24, 2.45) is 0 Å². The molecular weight excluding hydrogens is 454 g/mol. The highest BCUT2D eigenvalue weighted by molar-refractivity contribution is 8.00. The number of nitrogens with zero attached hydrogens (tertiary/aromatic N) is 3. The molecule has 0 bridgehead atoms. The van der Waals surface area contributed by atoms with Gasteiger partial charge in [-0.3, -0.25) is 9.36 Å². The van der Waals surface area contributed by atoms with Crippen molar-refractivity contribution in [3.8, 4) is 22.8 Å². The molecule has 1 atom stereocenters. The number of Topliss-reactive ketones (excluding diaryl/α,β-unsaturated/α-hetero) is 1. The van der Waals surface area contributed by atoms with Crippen LogP contribution in [0, 0.1) is 6.92 Å². The Balaban J connectivity index is 1.72. The molecule has 0 spiro atoms. The first kappa shape index (κ1) is 24.7. The van der Waals surface area contributed by atoms with Gasteiger partial charge < -0.3 is 4.74 Å². The van der Waals surface area contributed by atoms with Gasteiger partial charge in [-0.25, -0.2) is 0 Å². The summed E-state index contributed by atoms with van der Waals surface area (Å²) in [5, 5.41) is 9.39. The van der Waals surface area contributed by atoms with E-state index in [1.165, 1.54) is 17.3 Å². The quantitative estimate of drug-likeness (QED) is 0.210. The van der Waals surface area contributed by atoms with Gasteiger partial charge in [-0.05, 0) is 49.1 Å². The monoisotopic (exact) mass is 485 g/mol. The van der Waals surface area contributed by atoms with Gasteiger partial charge in [0.25, 0.3) is 0 Å². The minimum Gasteiger partial charge on any atom is -0.497 e. The Bertz CT molecular complexity index is 1300. The van der Waals surface area contributed by atoms with Crippen molar-refractivity contribution >= 4 is 17.5 Å². The lowest BCUT2D eigenvalue weighted by Gasteiger charge is -2.19. The van der Waals surface area contributed by atoms with Crippen LogP contribution >= 0.6 is 11.8 Å². The van der Waals surface area contributed by atoms with Gasteiger partial charge in [0.1, 0.15) is 5.75 Å². The molecule has 1 aromatic heterocycles. The van der Waals surface area contributed by atoms with Crippen LogP contribution in [0.5, 0.6) is 5.75 Å². The fraction of sp³-hybridized carbons (Fsp3) is 0.276. The molecule has 4 aromatic rings. The number of hydrogen-bond donors (Lipinski definition) is 0. The molecule has 0 aliphatic heterocycles. The van der Waals surface area contributed by atoms with Gasteiger partial charge in [-0.1, -0.05) is 86.6 Å². The molecule has 6 heteroatoms. The van der Waals surface area contributed by atoms with E-state index in [2.05, 4.69) is 55.2 Å². The van der Waals surface area contributed by atoms with Gasteiger partial charge in [-0.2, -0.15) is 0 Å². The van der Waals surface area contributed by atoms with Crippen molar-refractivity contribution < 1.29 is 9.53 Å². The van der Waals surface area contributed by atoms with E-state index in [-0.39, 0.29) is 16.4 Å². The third kappa shape index (κ3) is 5.49. The van der Waals surface area contributed by atoms with Gasteiger partial charge in [0, 0.05) is 16.8 Å². The number of carbonyl (C=O) groups excluding carboxylic acids is 1. The molecule has 3 aromatic carbocycles. The minimum absolute atomic E-state index is 0.0645. The number of benzene rings is 3. The van der Waals surface area contributed by atoms with Crippen molar-refractivity contribution in [1.82, 2.24) is 14.8 Å². The SMILES string of the molecule is COc1ccc(-n2c(S[C@@H](C)C(=O)c3ccc(C)cc3)nnc2-c2ccc(C(C)(C)C)cc2)cc1. The summed E-state index contributed by atoms with van der Waals surface area (Å²) in [5.74, 6) is 1.57. The summed E-state index contributed by atoms with van der Waals surface area (Å²) in [4.78, 5) is 13.1. The standard InChI is InChI=1S/C29H31N3O2S/c1-19-7-9-21(10-8-19)26(33)20(2)35-28-31-30-27(22-11-13-23(14-12-22)29(3,4)5)32(28)24-15-17-25(34-6)18-16-24/h7-18,20H,1-6H3/t20-/m0/s1. The highest BCUT2D eigenvalue weighted by Crippen LogP contribution is 2.33.